The van der Waals surface area contributed by atoms with E-state index >= 15 is 0 Å². The summed E-state index contributed by atoms with van der Waals surface area (Å²) in [6.45, 7) is 2.51. The number of methoxy groups -OCH3 is 2. The lowest BCUT2D eigenvalue weighted by molar-refractivity contribution is -0.144. The molecule has 0 aromatic heterocycles. The number of ether oxygens (including phenoxy) is 3. The van der Waals surface area contributed by atoms with E-state index in [4.69, 9.17) is 19.2 Å². The average Bonchev–Trinajstić information content (AvgIpc) is 2.67. The van der Waals surface area contributed by atoms with Crippen molar-refractivity contribution < 1.29 is 19.0 Å². The number of nitrogens with zero attached hydrogens (tertiary/aromatic N) is 1. The zero-order chi connectivity index (χ0) is 19.4. The van der Waals surface area contributed by atoms with E-state index in [9.17, 15) is 4.79 Å². The van der Waals surface area contributed by atoms with Crippen LogP contribution in [-0.2, 0) is 16.0 Å². The number of fused-ring (bicyclic) bond motifs is 1. The molecule has 1 unspecified atom stereocenters. The third-order valence-corrected chi connectivity index (χ3v) is 5.03. The van der Waals surface area contributed by atoms with Crippen LogP contribution >= 0.6 is 15.9 Å². The lowest BCUT2D eigenvalue weighted by Crippen LogP contribution is -2.26. The van der Waals surface area contributed by atoms with Crippen LogP contribution in [0, 0.1) is 0 Å². The van der Waals surface area contributed by atoms with Crippen molar-refractivity contribution in [1.29, 1.82) is 0 Å². The number of hydrogen-bond donors (Lipinski definition) is 0. The van der Waals surface area contributed by atoms with Crippen LogP contribution in [-0.4, -0.2) is 39.1 Å². The average molecular weight is 432 g/mol. The molecule has 3 rings (SSSR count). The summed E-state index contributed by atoms with van der Waals surface area (Å²) in [5, 5.41) is 0. The lowest BCUT2D eigenvalue weighted by Gasteiger charge is -2.25. The Hall–Kier alpha value is -2.34. The lowest BCUT2D eigenvalue weighted by atomic mass is 9.86. The van der Waals surface area contributed by atoms with E-state index in [0.717, 1.165) is 26.9 Å². The van der Waals surface area contributed by atoms with Gasteiger partial charge in [-0.1, -0.05) is 28.1 Å². The summed E-state index contributed by atoms with van der Waals surface area (Å²) < 4.78 is 17.2. The maximum atomic E-state index is 12.5. The molecule has 5 nitrogen and oxygen atoms in total. The molecule has 142 valence electrons. The van der Waals surface area contributed by atoms with Gasteiger partial charge in [-0.3, -0.25) is 9.79 Å². The van der Waals surface area contributed by atoms with Gasteiger partial charge < -0.3 is 14.2 Å². The van der Waals surface area contributed by atoms with Crippen molar-refractivity contribution in [2.45, 2.75) is 19.3 Å². The summed E-state index contributed by atoms with van der Waals surface area (Å²) >= 11 is 3.51. The molecule has 0 bridgehead atoms. The van der Waals surface area contributed by atoms with Gasteiger partial charge >= 0.3 is 5.97 Å². The highest BCUT2D eigenvalue weighted by molar-refractivity contribution is 9.10. The van der Waals surface area contributed by atoms with Crippen molar-refractivity contribution in [3.05, 3.63) is 57.6 Å². The summed E-state index contributed by atoms with van der Waals surface area (Å²) in [6.07, 6.45) is 0.664. The highest BCUT2D eigenvalue weighted by Crippen LogP contribution is 2.37. The van der Waals surface area contributed by atoms with Crippen LogP contribution in [0.4, 0.5) is 0 Å². The first-order valence-corrected chi connectivity index (χ1v) is 9.57. The van der Waals surface area contributed by atoms with Gasteiger partial charge in [0.2, 0.25) is 0 Å². The Bertz CT molecular complexity index is 878. The number of rotatable bonds is 6. The number of carbonyl (C=O) groups is 1. The number of aliphatic imine (C=N–C) groups is 1. The second kappa shape index (κ2) is 8.57. The summed E-state index contributed by atoms with van der Waals surface area (Å²) in [5.41, 5.74) is 3.83. The second-order valence-electron chi connectivity index (χ2n) is 6.19. The first-order valence-electron chi connectivity index (χ1n) is 8.78. The predicted octanol–water partition coefficient (Wildman–Crippen LogP) is 4.16. The van der Waals surface area contributed by atoms with E-state index in [2.05, 4.69) is 28.1 Å². The third-order valence-electron chi connectivity index (χ3n) is 4.54. The largest absolute Gasteiger partial charge is 0.493 e. The molecule has 1 aliphatic rings. The molecular formula is C21H22BrNO4. The number of benzene rings is 2. The van der Waals surface area contributed by atoms with Gasteiger partial charge in [0.05, 0.1) is 27.4 Å². The fourth-order valence-electron chi connectivity index (χ4n) is 3.25. The molecule has 0 saturated carbocycles. The Kier molecular flexibility index (Phi) is 6.16. The molecule has 0 saturated heterocycles. The van der Waals surface area contributed by atoms with Gasteiger partial charge in [-0.25, -0.2) is 0 Å². The van der Waals surface area contributed by atoms with Crippen LogP contribution in [0.25, 0.3) is 0 Å². The minimum absolute atomic E-state index is 0.267. The topological polar surface area (TPSA) is 57.1 Å². The van der Waals surface area contributed by atoms with Gasteiger partial charge in [0, 0.05) is 22.2 Å². The van der Waals surface area contributed by atoms with Gasteiger partial charge in [-0.2, -0.15) is 0 Å². The molecule has 27 heavy (non-hydrogen) atoms. The molecular weight excluding hydrogens is 410 g/mol. The van der Waals surface area contributed by atoms with Crippen LogP contribution in [0.5, 0.6) is 11.5 Å². The first kappa shape index (κ1) is 19.4. The molecule has 0 fully saturated rings. The fourth-order valence-corrected chi connectivity index (χ4v) is 3.70. The smallest absolute Gasteiger partial charge is 0.315 e. The van der Waals surface area contributed by atoms with Gasteiger partial charge in [0.25, 0.3) is 0 Å². The van der Waals surface area contributed by atoms with Gasteiger partial charge in [0.15, 0.2) is 11.5 Å². The van der Waals surface area contributed by atoms with Crippen LogP contribution in [0.2, 0.25) is 0 Å². The highest BCUT2D eigenvalue weighted by atomic mass is 79.9. The molecule has 6 heteroatoms. The Morgan fingerprint density at radius 2 is 1.93 bits per heavy atom. The summed E-state index contributed by atoms with van der Waals surface area (Å²) in [6, 6.07) is 11.9. The van der Waals surface area contributed by atoms with E-state index in [1.807, 2.05) is 24.3 Å². The van der Waals surface area contributed by atoms with Crippen molar-refractivity contribution in [3.63, 3.8) is 0 Å². The SMILES string of the molecule is CCOC(=O)C1CN=C(Cc2cccc(Br)c2)c2cc(OC)c(OC)cc21. The van der Waals surface area contributed by atoms with Crippen LogP contribution in [0.15, 0.2) is 45.9 Å². The Balaban J connectivity index is 2.05. The minimum atomic E-state index is -0.439. The van der Waals surface area contributed by atoms with Crippen molar-refractivity contribution in [1.82, 2.24) is 0 Å². The van der Waals surface area contributed by atoms with Crippen molar-refractivity contribution in [3.8, 4) is 11.5 Å². The second-order valence-corrected chi connectivity index (χ2v) is 7.11. The summed E-state index contributed by atoms with van der Waals surface area (Å²) in [5.74, 6) is 0.499. The highest BCUT2D eigenvalue weighted by Gasteiger charge is 2.31. The number of carbonyl (C=O) groups excluding carboxylic acids is 1. The number of esters is 1. The normalized spacial score (nSPS) is 15.6. The molecule has 0 aliphatic carbocycles. The maximum absolute atomic E-state index is 12.5. The van der Waals surface area contributed by atoms with Crippen LogP contribution < -0.4 is 9.47 Å². The van der Waals surface area contributed by atoms with E-state index < -0.39 is 5.92 Å². The Labute approximate surface area is 167 Å². The van der Waals surface area contributed by atoms with Crippen LogP contribution in [0.3, 0.4) is 0 Å². The fraction of sp³-hybridized carbons (Fsp3) is 0.333. The zero-order valence-electron chi connectivity index (χ0n) is 15.6. The summed E-state index contributed by atoms with van der Waals surface area (Å²) in [4.78, 5) is 17.2. The van der Waals surface area contributed by atoms with E-state index in [1.165, 1.54) is 0 Å². The van der Waals surface area contributed by atoms with Crippen LogP contribution in [0.1, 0.15) is 29.5 Å². The Morgan fingerprint density at radius 3 is 2.59 bits per heavy atom. The predicted molar refractivity (Wildman–Crippen MR) is 108 cm³/mol. The first-order chi connectivity index (χ1) is 13.1. The molecule has 1 aliphatic heterocycles. The molecule has 2 aromatic carbocycles. The third kappa shape index (κ3) is 4.16. The summed E-state index contributed by atoms with van der Waals surface area (Å²) in [7, 11) is 3.18. The molecule has 2 aromatic rings. The van der Waals surface area contributed by atoms with E-state index in [0.29, 0.717) is 31.1 Å². The molecule has 1 atom stereocenters. The quantitative estimate of drug-likeness (QED) is 0.644. The number of hydrogen-bond acceptors (Lipinski definition) is 5. The van der Waals surface area contributed by atoms with Crippen molar-refractivity contribution >= 4 is 27.6 Å². The van der Waals surface area contributed by atoms with Crippen molar-refractivity contribution in [2.24, 2.45) is 4.99 Å². The minimum Gasteiger partial charge on any atom is -0.493 e. The molecule has 0 N–H and O–H groups in total. The monoisotopic (exact) mass is 431 g/mol. The number of halogens is 1. The zero-order valence-corrected chi connectivity index (χ0v) is 17.2. The molecule has 1 heterocycles. The molecule has 0 radical (unpaired) electrons. The van der Waals surface area contributed by atoms with Gasteiger partial charge in [-0.15, -0.1) is 0 Å². The Morgan fingerprint density at radius 1 is 1.19 bits per heavy atom. The maximum Gasteiger partial charge on any atom is 0.315 e. The van der Waals surface area contributed by atoms with E-state index in [1.54, 1.807) is 21.1 Å². The standard InChI is InChI=1S/C21H22BrNO4/c1-4-27-21(24)17-12-23-18(9-13-6-5-7-14(22)8-13)16-11-20(26-3)19(25-2)10-15(16)17/h5-8,10-11,17H,4,9,12H2,1-3H3. The molecule has 0 spiro atoms. The van der Waals surface area contributed by atoms with Crippen molar-refractivity contribution in [2.75, 3.05) is 27.4 Å². The van der Waals surface area contributed by atoms with E-state index in [-0.39, 0.29) is 5.97 Å². The van der Waals surface area contributed by atoms with Gasteiger partial charge in [0.1, 0.15) is 5.92 Å². The molecule has 0 amide bonds. The van der Waals surface area contributed by atoms with Gasteiger partial charge in [-0.05, 0) is 42.3 Å².